The Morgan fingerprint density at radius 2 is 0.565 bits per heavy atom. The Labute approximate surface area is 517 Å². The van der Waals surface area contributed by atoms with Gasteiger partial charge >= 0.3 is 39.5 Å². The summed E-state index contributed by atoms with van der Waals surface area (Å²) in [4.78, 5) is 72.3. The Morgan fingerprint density at radius 1 is 0.329 bits per heavy atom. The van der Waals surface area contributed by atoms with Gasteiger partial charge in [-0.15, -0.1) is 0 Å². The fraction of sp³-hybridized carbons (Fsp3) is 0.939. The van der Waals surface area contributed by atoms with Crippen LogP contribution in [0.3, 0.4) is 0 Å². The summed E-state index contributed by atoms with van der Waals surface area (Å²) < 4.78 is 68.1. The molecule has 19 heteroatoms. The average molecular weight is 1260 g/mol. The molecule has 0 saturated heterocycles. The van der Waals surface area contributed by atoms with E-state index in [0.29, 0.717) is 31.6 Å². The van der Waals surface area contributed by atoms with Gasteiger partial charge in [-0.2, -0.15) is 0 Å². The summed E-state index contributed by atoms with van der Waals surface area (Å²) in [6.07, 6.45) is 36.2. The van der Waals surface area contributed by atoms with E-state index in [1.165, 1.54) is 116 Å². The standard InChI is InChI=1S/C66H128O17P2/c1-9-57(6)43-35-27-18-14-12-13-15-21-32-40-48-65(70)82-61(53-77-64(69)47-39-31-24-22-26-34-42-56(4)5)54-80-84(72,73)78-50-60(67)51-79-85(74,75)81-55-62(83-66(71)49-41-33-25-23-29-37-45-59(8)11-3)52-76-63(68)46-38-30-20-17-16-19-28-36-44-58(7)10-2/h56-62,67H,9-55H2,1-8H3,(H,72,73)(H,74,75)/t57?,58?,59?,60-,61+,62+/m0/s1. The van der Waals surface area contributed by atoms with Crippen molar-refractivity contribution < 1.29 is 80.2 Å². The second-order valence-electron chi connectivity index (χ2n) is 25.1. The first kappa shape index (κ1) is 83.1. The van der Waals surface area contributed by atoms with Crippen LogP contribution in [0.5, 0.6) is 0 Å². The molecule has 0 rings (SSSR count). The molecule has 0 aliphatic heterocycles. The van der Waals surface area contributed by atoms with Gasteiger partial charge in [-0.05, 0) is 49.4 Å². The number of rotatable bonds is 63. The number of ether oxygens (including phenoxy) is 4. The average Bonchev–Trinajstić information content (AvgIpc) is 3.55. The van der Waals surface area contributed by atoms with Crippen LogP contribution in [-0.4, -0.2) is 96.7 Å². The molecule has 85 heavy (non-hydrogen) atoms. The number of unbranched alkanes of at least 4 members (excludes halogenated alkanes) is 26. The van der Waals surface area contributed by atoms with Gasteiger partial charge in [0, 0.05) is 25.7 Å². The summed E-state index contributed by atoms with van der Waals surface area (Å²) >= 11 is 0. The highest BCUT2D eigenvalue weighted by Crippen LogP contribution is 2.45. The maximum atomic E-state index is 13.0. The highest BCUT2D eigenvalue weighted by molar-refractivity contribution is 7.47. The van der Waals surface area contributed by atoms with E-state index in [2.05, 4.69) is 55.4 Å². The summed E-state index contributed by atoms with van der Waals surface area (Å²) in [5.74, 6) is 0.840. The lowest BCUT2D eigenvalue weighted by atomic mass is 9.99. The summed E-state index contributed by atoms with van der Waals surface area (Å²) in [5, 5.41) is 10.5. The smallest absolute Gasteiger partial charge is 0.462 e. The summed E-state index contributed by atoms with van der Waals surface area (Å²) in [7, 11) is -9.89. The van der Waals surface area contributed by atoms with Gasteiger partial charge in [0.2, 0.25) is 0 Å². The molecule has 0 aliphatic rings. The molecule has 0 amide bonds. The molecule has 0 fully saturated rings. The zero-order valence-electron chi connectivity index (χ0n) is 55.2. The first-order chi connectivity index (χ1) is 40.7. The van der Waals surface area contributed by atoms with Crippen molar-refractivity contribution in [2.24, 2.45) is 23.7 Å². The van der Waals surface area contributed by atoms with E-state index in [-0.39, 0.29) is 25.7 Å². The number of phosphoric acid groups is 2. The predicted octanol–water partition coefficient (Wildman–Crippen LogP) is 18.1. The van der Waals surface area contributed by atoms with E-state index in [4.69, 9.17) is 37.0 Å². The first-order valence-corrected chi connectivity index (χ1v) is 37.3. The molecule has 504 valence electrons. The minimum absolute atomic E-state index is 0.102. The van der Waals surface area contributed by atoms with Gasteiger partial charge in [-0.3, -0.25) is 37.3 Å². The Morgan fingerprint density at radius 3 is 0.835 bits per heavy atom. The number of carbonyl (C=O) groups excluding carboxylic acids is 4. The van der Waals surface area contributed by atoms with Crippen LogP contribution in [0.1, 0.15) is 319 Å². The molecule has 3 N–H and O–H groups in total. The van der Waals surface area contributed by atoms with Crippen molar-refractivity contribution in [1.82, 2.24) is 0 Å². The lowest BCUT2D eigenvalue weighted by molar-refractivity contribution is -0.161. The van der Waals surface area contributed by atoms with E-state index in [9.17, 15) is 43.2 Å². The molecule has 0 aromatic carbocycles. The lowest BCUT2D eigenvalue weighted by Crippen LogP contribution is -2.30. The zero-order valence-corrected chi connectivity index (χ0v) is 57.0. The highest BCUT2D eigenvalue weighted by atomic mass is 31.2. The molecule has 17 nitrogen and oxygen atoms in total. The molecule has 0 bridgehead atoms. The van der Waals surface area contributed by atoms with Gasteiger partial charge in [0.25, 0.3) is 0 Å². The van der Waals surface area contributed by atoms with Crippen molar-refractivity contribution in [3.63, 3.8) is 0 Å². The van der Waals surface area contributed by atoms with Crippen LogP contribution in [-0.2, 0) is 65.4 Å². The first-order valence-electron chi connectivity index (χ1n) is 34.3. The Kier molecular flexibility index (Phi) is 54.8. The SMILES string of the molecule is CCC(C)CCCCCCCCCCCCC(=O)O[C@H](COC(=O)CCCCCCCCC(C)C)COP(=O)(O)OC[C@H](O)COP(=O)(O)OC[C@@H](COC(=O)CCCCCCCCCCC(C)CC)OC(=O)CCCCCCCCC(C)CC. The Bertz CT molecular complexity index is 1700. The van der Waals surface area contributed by atoms with Gasteiger partial charge in [-0.25, -0.2) is 9.13 Å². The summed E-state index contributed by atoms with van der Waals surface area (Å²) in [6, 6.07) is 0. The van der Waals surface area contributed by atoms with Crippen LogP contribution in [0, 0.1) is 23.7 Å². The lowest BCUT2D eigenvalue weighted by Gasteiger charge is -2.21. The molecular weight excluding hydrogens is 1130 g/mol. The molecule has 5 unspecified atom stereocenters. The van der Waals surface area contributed by atoms with E-state index >= 15 is 0 Å². The van der Waals surface area contributed by atoms with Crippen molar-refractivity contribution in [2.75, 3.05) is 39.6 Å². The number of esters is 4. The van der Waals surface area contributed by atoms with Crippen molar-refractivity contribution in [3.8, 4) is 0 Å². The van der Waals surface area contributed by atoms with Crippen LogP contribution in [0.4, 0.5) is 0 Å². The van der Waals surface area contributed by atoms with Crippen molar-refractivity contribution in [2.45, 2.75) is 337 Å². The number of phosphoric ester groups is 2. The third kappa shape index (κ3) is 57.0. The van der Waals surface area contributed by atoms with Crippen LogP contribution >= 0.6 is 15.6 Å². The van der Waals surface area contributed by atoms with Crippen LogP contribution < -0.4 is 0 Å². The Balaban J connectivity index is 5.25. The minimum atomic E-state index is -4.95. The molecule has 0 spiro atoms. The fourth-order valence-electron chi connectivity index (χ4n) is 9.69. The maximum Gasteiger partial charge on any atom is 0.472 e. The number of hydrogen-bond donors (Lipinski definition) is 3. The highest BCUT2D eigenvalue weighted by Gasteiger charge is 2.30. The number of aliphatic hydroxyl groups is 1. The molecule has 0 heterocycles. The molecule has 0 saturated carbocycles. The largest absolute Gasteiger partial charge is 0.472 e. The normalized spacial score (nSPS) is 15.3. The Hall–Kier alpha value is -1.94. The van der Waals surface area contributed by atoms with E-state index < -0.39 is 97.5 Å². The molecule has 0 aliphatic carbocycles. The quantitative estimate of drug-likeness (QED) is 0.0222. The second kappa shape index (κ2) is 56.1. The molecule has 8 atom stereocenters. The second-order valence-corrected chi connectivity index (χ2v) is 28.0. The predicted molar refractivity (Wildman–Crippen MR) is 340 cm³/mol. The van der Waals surface area contributed by atoms with Gasteiger partial charge in [0.1, 0.15) is 19.3 Å². The van der Waals surface area contributed by atoms with Crippen molar-refractivity contribution in [1.29, 1.82) is 0 Å². The number of hydrogen-bond acceptors (Lipinski definition) is 15. The van der Waals surface area contributed by atoms with Crippen LogP contribution in [0.15, 0.2) is 0 Å². The maximum absolute atomic E-state index is 13.0. The minimum Gasteiger partial charge on any atom is -0.462 e. The number of aliphatic hydroxyl groups excluding tert-OH is 1. The van der Waals surface area contributed by atoms with Gasteiger partial charge in [0.15, 0.2) is 12.2 Å². The third-order valence-electron chi connectivity index (χ3n) is 16.2. The van der Waals surface area contributed by atoms with E-state index in [0.717, 1.165) is 114 Å². The van der Waals surface area contributed by atoms with Gasteiger partial charge in [-0.1, -0.05) is 267 Å². The van der Waals surface area contributed by atoms with Gasteiger partial charge in [0.05, 0.1) is 26.4 Å². The fourth-order valence-corrected chi connectivity index (χ4v) is 11.3. The summed E-state index contributed by atoms with van der Waals surface area (Å²) in [6.45, 7) is 14.0. The molecular formula is C66H128O17P2. The van der Waals surface area contributed by atoms with Crippen molar-refractivity contribution >= 4 is 39.5 Å². The van der Waals surface area contributed by atoms with Crippen LogP contribution in [0.2, 0.25) is 0 Å². The number of carbonyl (C=O) groups is 4. The zero-order chi connectivity index (χ0) is 63.2. The van der Waals surface area contributed by atoms with Gasteiger partial charge < -0.3 is 33.8 Å². The van der Waals surface area contributed by atoms with E-state index in [1.807, 2.05) is 0 Å². The van der Waals surface area contributed by atoms with E-state index in [1.54, 1.807) is 0 Å². The topological polar surface area (TPSA) is 237 Å². The summed E-state index contributed by atoms with van der Waals surface area (Å²) in [5.41, 5.74) is 0. The molecule has 0 aromatic heterocycles. The molecule has 0 aromatic rings. The van der Waals surface area contributed by atoms with Crippen molar-refractivity contribution in [3.05, 3.63) is 0 Å². The third-order valence-corrected chi connectivity index (χ3v) is 18.1. The molecule has 0 radical (unpaired) electrons. The monoisotopic (exact) mass is 1250 g/mol. The van der Waals surface area contributed by atoms with Crippen LogP contribution in [0.25, 0.3) is 0 Å².